The fourth-order valence-electron chi connectivity index (χ4n) is 2.70. The summed E-state index contributed by atoms with van der Waals surface area (Å²) in [6.07, 6.45) is 5.31. The molecule has 4 nitrogen and oxygen atoms in total. The van der Waals surface area contributed by atoms with Gasteiger partial charge in [0, 0.05) is 12.6 Å². The van der Waals surface area contributed by atoms with E-state index in [0.717, 1.165) is 29.7 Å². The van der Waals surface area contributed by atoms with Crippen LogP contribution in [0, 0.1) is 5.92 Å². The molecule has 4 heteroatoms. The lowest BCUT2D eigenvalue weighted by Crippen LogP contribution is -2.28. The first kappa shape index (κ1) is 13.6. The summed E-state index contributed by atoms with van der Waals surface area (Å²) in [5, 5.41) is 3.65. The molecule has 0 radical (unpaired) electrons. The molecule has 1 unspecified atom stereocenters. The summed E-state index contributed by atoms with van der Waals surface area (Å²) in [6.45, 7) is 3.38. The molecule has 1 aromatic rings. The highest BCUT2D eigenvalue weighted by Gasteiger charge is 2.25. The maximum atomic E-state index is 5.46. The Morgan fingerprint density at radius 1 is 1.35 bits per heavy atom. The SMILES string of the molecule is CCC(CC1CC1)NCc1cc(OC)c2c(c1)OCO2. The predicted molar refractivity (Wildman–Crippen MR) is 77.4 cm³/mol. The molecule has 1 N–H and O–H groups in total. The number of rotatable bonds is 7. The number of benzene rings is 1. The third kappa shape index (κ3) is 3.01. The number of nitrogens with one attached hydrogen (secondary N) is 1. The summed E-state index contributed by atoms with van der Waals surface area (Å²) in [4.78, 5) is 0. The van der Waals surface area contributed by atoms with Crippen LogP contribution < -0.4 is 19.5 Å². The minimum absolute atomic E-state index is 0.280. The molecule has 0 spiro atoms. The Balaban J connectivity index is 1.64. The van der Waals surface area contributed by atoms with Crippen LogP contribution in [0.3, 0.4) is 0 Å². The van der Waals surface area contributed by atoms with Crippen LogP contribution in [0.4, 0.5) is 0 Å². The molecule has 1 fully saturated rings. The van der Waals surface area contributed by atoms with Gasteiger partial charge in [0.1, 0.15) is 0 Å². The van der Waals surface area contributed by atoms with Crippen molar-refractivity contribution in [2.75, 3.05) is 13.9 Å². The second kappa shape index (κ2) is 5.92. The van der Waals surface area contributed by atoms with Gasteiger partial charge in [-0.15, -0.1) is 0 Å². The van der Waals surface area contributed by atoms with Crippen LogP contribution in [0.5, 0.6) is 17.2 Å². The van der Waals surface area contributed by atoms with E-state index < -0.39 is 0 Å². The van der Waals surface area contributed by atoms with E-state index in [1.807, 2.05) is 12.1 Å². The Morgan fingerprint density at radius 2 is 2.20 bits per heavy atom. The molecule has 1 heterocycles. The van der Waals surface area contributed by atoms with Crippen molar-refractivity contribution in [3.05, 3.63) is 17.7 Å². The van der Waals surface area contributed by atoms with E-state index >= 15 is 0 Å². The van der Waals surface area contributed by atoms with Crippen molar-refractivity contribution >= 4 is 0 Å². The van der Waals surface area contributed by atoms with Gasteiger partial charge in [-0.25, -0.2) is 0 Å². The lowest BCUT2D eigenvalue weighted by molar-refractivity contribution is 0.171. The molecular formula is C16H23NO3. The molecule has 1 saturated carbocycles. The summed E-state index contributed by atoms with van der Waals surface area (Å²) >= 11 is 0. The quantitative estimate of drug-likeness (QED) is 0.831. The topological polar surface area (TPSA) is 39.7 Å². The lowest BCUT2D eigenvalue weighted by atomic mass is 10.1. The van der Waals surface area contributed by atoms with Gasteiger partial charge in [0.15, 0.2) is 11.5 Å². The van der Waals surface area contributed by atoms with Gasteiger partial charge in [-0.2, -0.15) is 0 Å². The molecule has 3 rings (SSSR count). The summed E-state index contributed by atoms with van der Waals surface area (Å²) in [7, 11) is 1.66. The Hall–Kier alpha value is -1.42. The van der Waals surface area contributed by atoms with E-state index in [-0.39, 0.29) is 6.79 Å². The van der Waals surface area contributed by atoms with Crippen molar-refractivity contribution in [3.8, 4) is 17.2 Å². The van der Waals surface area contributed by atoms with Crippen LogP contribution in [0.1, 0.15) is 38.2 Å². The van der Waals surface area contributed by atoms with Gasteiger partial charge in [-0.05, 0) is 36.5 Å². The number of hydrogen-bond acceptors (Lipinski definition) is 4. The van der Waals surface area contributed by atoms with Crippen molar-refractivity contribution in [3.63, 3.8) is 0 Å². The second-order valence-electron chi connectivity index (χ2n) is 5.70. The zero-order valence-electron chi connectivity index (χ0n) is 12.3. The average molecular weight is 277 g/mol. The van der Waals surface area contributed by atoms with E-state index in [9.17, 15) is 0 Å². The van der Waals surface area contributed by atoms with Crippen molar-refractivity contribution in [2.24, 2.45) is 5.92 Å². The average Bonchev–Trinajstić information content (AvgIpc) is 3.16. The summed E-state index contributed by atoms with van der Waals surface area (Å²) < 4.78 is 16.2. The van der Waals surface area contributed by atoms with E-state index in [0.29, 0.717) is 6.04 Å². The van der Waals surface area contributed by atoms with Gasteiger partial charge in [0.25, 0.3) is 0 Å². The standard InChI is InChI=1S/C16H23NO3/c1-3-13(6-11-4-5-11)17-9-12-7-14(18-2)16-15(8-12)19-10-20-16/h7-8,11,13,17H,3-6,9-10H2,1-2H3. The highest BCUT2D eigenvalue weighted by molar-refractivity contribution is 5.55. The number of hydrogen-bond donors (Lipinski definition) is 1. The van der Waals surface area contributed by atoms with Gasteiger partial charge in [-0.3, -0.25) is 0 Å². The fourth-order valence-corrected chi connectivity index (χ4v) is 2.70. The van der Waals surface area contributed by atoms with Gasteiger partial charge in [0.05, 0.1) is 7.11 Å². The minimum atomic E-state index is 0.280. The molecule has 1 aliphatic carbocycles. The van der Waals surface area contributed by atoms with Crippen molar-refractivity contribution < 1.29 is 14.2 Å². The third-order valence-electron chi connectivity index (χ3n) is 4.12. The Labute approximate surface area is 120 Å². The Kier molecular flexibility index (Phi) is 4.01. The van der Waals surface area contributed by atoms with Gasteiger partial charge < -0.3 is 19.5 Å². The molecule has 1 aromatic carbocycles. The second-order valence-corrected chi connectivity index (χ2v) is 5.70. The van der Waals surface area contributed by atoms with E-state index in [4.69, 9.17) is 14.2 Å². The van der Waals surface area contributed by atoms with Gasteiger partial charge >= 0.3 is 0 Å². The van der Waals surface area contributed by atoms with Crippen LogP contribution in [-0.4, -0.2) is 19.9 Å². The molecule has 1 aliphatic heterocycles. The maximum Gasteiger partial charge on any atom is 0.231 e. The van der Waals surface area contributed by atoms with Crippen LogP contribution in [0.15, 0.2) is 12.1 Å². The summed E-state index contributed by atoms with van der Waals surface area (Å²) in [5.74, 6) is 3.23. The monoisotopic (exact) mass is 277 g/mol. The van der Waals surface area contributed by atoms with E-state index in [2.05, 4.69) is 12.2 Å². The van der Waals surface area contributed by atoms with Crippen LogP contribution in [0.2, 0.25) is 0 Å². The fraction of sp³-hybridized carbons (Fsp3) is 0.625. The van der Waals surface area contributed by atoms with Gasteiger partial charge in [0.2, 0.25) is 12.5 Å². The summed E-state index contributed by atoms with van der Waals surface area (Å²) in [5.41, 5.74) is 1.18. The third-order valence-corrected chi connectivity index (χ3v) is 4.12. The lowest BCUT2D eigenvalue weighted by Gasteiger charge is -2.17. The first-order valence-electron chi connectivity index (χ1n) is 7.50. The van der Waals surface area contributed by atoms with Crippen molar-refractivity contribution in [1.82, 2.24) is 5.32 Å². The van der Waals surface area contributed by atoms with Crippen molar-refractivity contribution in [2.45, 2.75) is 45.2 Å². The predicted octanol–water partition coefficient (Wildman–Crippen LogP) is 3.09. The first-order valence-corrected chi connectivity index (χ1v) is 7.50. The molecule has 2 aliphatic rings. The largest absolute Gasteiger partial charge is 0.493 e. The summed E-state index contributed by atoms with van der Waals surface area (Å²) in [6, 6.07) is 4.69. The Morgan fingerprint density at radius 3 is 2.90 bits per heavy atom. The smallest absolute Gasteiger partial charge is 0.231 e. The van der Waals surface area contributed by atoms with E-state index in [1.54, 1.807) is 7.11 Å². The molecule has 110 valence electrons. The molecule has 0 saturated heterocycles. The van der Waals surface area contributed by atoms with E-state index in [1.165, 1.54) is 31.2 Å². The van der Waals surface area contributed by atoms with Crippen molar-refractivity contribution in [1.29, 1.82) is 0 Å². The van der Waals surface area contributed by atoms with Crippen LogP contribution in [0.25, 0.3) is 0 Å². The molecule has 1 atom stereocenters. The zero-order valence-corrected chi connectivity index (χ0v) is 12.3. The van der Waals surface area contributed by atoms with Gasteiger partial charge in [-0.1, -0.05) is 19.8 Å². The molecule has 0 bridgehead atoms. The normalized spacial score (nSPS) is 18.1. The first-order chi connectivity index (χ1) is 9.80. The molecule has 20 heavy (non-hydrogen) atoms. The number of ether oxygens (including phenoxy) is 3. The molecule has 0 aromatic heterocycles. The molecular weight excluding hydrogens is 254 g/mol. The Bertz CT molecular complexity index is 471. The highest BCUT2D eigenvalue weighted by atomic mass is 16.7. The minimum Gasteiger partial charge on any atom is -0.493 e. The highest BCUT2D eigenvalue weighted by Crippen LogP contribution is 2.41. The number of fused-ring (bicyclic) bond motifs is 1. The van der Waals surface area contributed by atoms with Crippen LogP contribution >= 0.6 is 0 Å². The molecule has 0 amide bonds. The van der Waals surface area contributed by atoms with Crippen LogP contribution in [-0.2, 0) is 6.54 Å². The number of methoxy groups -OCH3 is 1. The maximum absolute atomic E-state index is 5.46. The zero-order chi connectivity index (χ0) is 13.9.